The maximum Gasteiger partial charge on any atom is 2.00 e. The van der Waals surface area contributed by atoms with Crippen LogP contribution in [0.15, 0.2) is 42.2 Å². The van der Waals surface area contributed by atoms with Gasteiger partial charge in [-0.15, -0.1) is 11.3 Å². The van der Waals surface area contributed by atoms with Crippen molar-refractivity contribution in [3.05, 3.63) is 42.2 Å². The maximum atomic E-state index is 8.59. The van der Waals surface area contributed by atoms with Crippen LogP contribution in [0.2, 0.25) is 0 Å². The standard InChI is InChI=1S/C10H7N3S.HO3P.Zn/c1-2-4-9-8(3-1)12-7-13(9)10-11-5-6-14-10;1-4(2)3;/h1-7H;1H;/q;-2;+2. The molecule has 0 aliphatic heterocycles. The smallest absolute Gasteiger partial charge is 0.820 e. The molecule has 1 aromatic carbocycles. The number of imidazole rings is 1. The van der Waals surface area contributed by atoms with E-state index >= 15 is 0 Å². The van der Waals surface area contributed by atoms with E-state index < -0.39 is 8.60 Å². The molecule has 0 atom stereocenters. The molecule has 19 heavy (non-hydrogen) atoms. The zero-order valence-corrected chi connectivity index (χ0v) is 14.4. The van der Waals surface area contributed by atoms with Gasteiger partial charge in [-0.2, -0.15) is 8.60 Å². The summed E-state index contributed by atoms with van der Waals surface area (Å²) in [4.78, 5) is 32.7. The number of rotatable bonds is 1. The van der Waals surface area contributed by atoms with E-state index in [4.69, 9.17) is 14.7 Å². The van der Waals surface area contributed by atoms with Crippen LogP contribution < -0.4 is 9.79 Å². The van der Waals surface area contributed by atoms with Gasteiger partial charge in [0.2, 0.25) is 0 Å². The first-order valence-electron chi connectivity index (χ1n) is 4.83. The van der Waals surface area contributed by atoms with E-state index in [1.807, 2.05) is 40.5 Å². The average Bonchev–Trinajstić information content (AvgIpc) is 2.96. The van der Waals surface area contributed by atoms with Gasteiger partial charge in [0.05, 0.1) is 11.0 Å². The van der Waals surface area contributed by atoms with Crippen molar-refractivity contribution >= 4 is 31.0 Å². The van der Waals surface area contributed by atoms with Crippen molar-refractivity contribution in [2.24, 2.45) is 0 Å². The molecule has 3 aromatic rings. The summed E-state index contributed by atoms with van der Waals surface area (Å²) in [5.41, 5.74) is 2.10. The van der Waals surface area contributed by atoms with Gasteiger partial charge in [0.15, 0.2) is 5.13 Å². The second kappa shape index (κ2) is 7.75. The summed E-state index contributed by atoms with van der Waals surface area (Å²) in [7, 11) is -3.12. The van der Waals surface area contributed by atoms with Gasteiger partial charge in [-0.1, -0.05) is 12.1 Å². The zero-order chi connectivity index (χ0) is 13.0. The van der Waals surface area contributed by atoms with Crippen LogP contribution in [0.3, 0.4) is 0 Å². The van der Waals surface area contributed by atoms with Gasteiger partial charge in [-0.05, 0) is 12.1 Å². The third-order valence-electron chi connectivity index (χ3n) is 2.08. The minimum atomic E-state index is -3.12. The Labute approximate surface area is 127 Å². The monoisotopic (exact) mass is 345 g/mol. The number of hydrogen-bond acceptors (Lipinski definition) is 6. The van der Waals surface area contributed by atoms with Crippen LogP contribution in [-0.2, 0) is 19.5 Å². The predicted octanol–water partition coefficient (Wildman–Crippen LogP) is 0.406. The van der Waals surface area contributed by atoms with Crippen LogP contribution in [0.1, 0.15) is 0 Å². The number of thiazole rings is 1. The molecular weight excluding hydrogens is 339 g/mol. The molecule has 0 radical (unpaired) electrons. The van der Waals surface area contributed by atoms with Crippen molar-refractivity contribution in [2.45, 2.75) is 0 Å². The van der Waals surface area contributed by atoms with E-state index in [-0.39, 0.29) is 19.5 Å². The van der Waals surface area contributed by atoms with Crippen LogP contribution in [0.4, 0.5) is 0 Å². The predicted molar refractivity (Wildman–Crippen MR) is 65.9 cm³/mol. The molecule has 2 aromatic heterocycles. The summed E-state index contributed by atoms with van der Waals surface area (Å²) in [5.74, 6) is 0. The van der Waals surface area contributed by atoms with Crippen molar-refractivity contribution in [3.63, 3.8) is 0 Å². The minimum Gasteiger partial charge on any atom is -0.820 e. The summed E-state index contributed by atoms with van der Waals surface area (Å²) >= 11 is 1.61. The molecule has 0 spiro atoms. The van der Waals surface area contributed by atoms with Crippen molar-refractivity contribution in [3.8, 4) is 5.13 Å². The number of aromatic nitrogens is 3. The largest absolute Gasteiger partial charge is 2.00 e. The van der Waals surface area contributed by atoms with Crippen molar-refractivity contribution in [1.29, 1.82) is 0 Å². The van der Waals surface area contributed by atoms with E-state index in [0.717, 1.165) is 16.2 Å². The Morgan fingerprint density at radius 2 is 1.89 bits per heavy atom. The SMILES string of the molecule is [O-]P([O-])O.[Zn+2].c1ccc2c(c1)ncn2-c1nccs1. The van der Waals surface area contributed by atoms with Crippen LogP contribution in [-0.4, -0.2) is 19.4 Å². The minimum absolute atomic E-state index is 0. The molecule has 0 aliphatic rings. The summed E-state index contributed by atoms with van der Waals surface area (Å²) in [6.07, 6.45) is 3.61. The normalized spacial score (nSPS) is 9.89. The Morgan fingerprint density at radius 1 is 1.21 bits per heavy atom. The number of para-hydroxylation sites is 2. The molecule has 0 saturated carbocycles. The van der Waals surface area contributed by atoms with Gasteiger partial charge in [-0.25, -0.2) is 9.97 Å². The molecule has 1 N–H and O–H groups in total. The Kier molecular flexibility index (Phi) is 6.65. The molecule has 0 fully saturated rings. The number of nitrogens with zero attached hydrogens (tertiary/aromatic N) is 3. The summed E-state index contributed by atoms with van der Waals surface area (Å²) in [6, 6.07) is 8.04. The van der Waals surface area contributed by atoms with E-state index in [1.165, 1.54) is 0 Å². The van der Waals surface area contributed by atoms with E-state index in [0.29, 0.717) is 0 Å². The van der Waals surface area contributed by atoms with Gasteiger partial charge in [-0.3, -0.25) is 4.57 Å². The van der Waals surface area contributed by atoms with Crippen LogP contribution in [0.25, 0.3) is 16.2 Å². The van der Waals surface area contributed by atoms with Gasteiger partial charge >= 0.3 is 19.5 Å². The zero-order valence-electron chi connectivity index (χ0n) is 9.71. The van der Waals surface area contributed by atoms with Crippen molar-refractivity contribution < 1.29 is 34.2 Å². The Hall–Kier alpha value is -0.747. The Balaban J connectivity index is 0.000000323. The molecule has 0 amide bonds. The molecule has 94 valence electrons. The Morgan fingerprint density at radius 3 is 2.53 bits per heavy atom. The number of fused-ring (bicyclic) bond motifs is 1. The first-order valence-corrected chi connectivity index (χ1v) is 6.84. The van der Waals surface area contributed by atoms with Crippen LogP contribution in [0, 0.1) is 0 Å². The summed E-state index contributed by atoms with van der Waals surface area (Å²) in [5, 5.41) is 2.92. The third kappa shape index (κ3) is 4.39. The molecule has 2 heterocycles. The molecule has 9 heteroatoms. The fourth-order valence-corrected chi connectivity index (χ4v) is 2.07. The second-order valence-corrected chi connectivity index (χ2v) is 4.50. The summed E-state index contributed by atoms with van der Waals surface area (Å²) < 4.78 is 2.00. The van der Waals surface area contributed by atoms with E-state index in [1.54, 1.807) is 17.5 Å². The summed E-state index contributed by atoms with van der Waals surface area (Å²) in [6.45, 7) is 0. The van der Waals surface area contributed by atoms with Crippen LogP contribution in [0.5, 0.6) is 0 Å². The fourth-order valence-electron chi connectivity index (χ4n) is 1.45. The van der Waals surface area contributed by atoms with E-state index in [2.05, 4.69) is 9.97 Å². The molecular formula is C10H8N3O3PSZn. The fraction of sp³-hybridized carbons (Fsp3) is 0. The van der Waals surface area contributed by atoms with Gasteiger partial charge < -0.3 is 14.7 Å². The molecule has 0 aliphatic carbocycles. The number of hydrogen-bond donors (Lipinski definition) is 1. The first kappa shape index (κ1) is 16.3. The Bertz CT molecular complexity index is 615. The molecule has 0 saturated heterocycles. The van der Waals surface area contributed by atoms with Gasteiger partial charge in [0, 0.05) is 11.6 Å². The second-order valence-electron chi connectivity index (χ2n) is 3.16. The molecule has 6 nitrogen and oxygen atoms in total. The number of benzene rings is 1. The van der Waals surface area contributed by atoms with Gasteiger partial charge in [0.1, 0.15) is 6.33 Å². The van der Waals surface area contributed by atoms with Crippen LogP contribution >= 0.6 is 19.9 Å². The van der Waals surface area contributed by atoms with Gasteiger partial charge in [0.25, 0.3) is 0 Å². The molecule has 0 bridgehead atoms. The first-order chi connectivity index (χ1) is 8.68. The van der Waals surface area contributed by atoms with E-state index in [9.17, 15) is 0 Å². The van der Waals surface area contributed by atoms with Crippen molar-refractivity contribution in [1.82, 2.24) is 14.5 Å². The molecule has 3 rings (SSSR count). The quantitative estimate of drug-likeness (QED) is 0.508. The van der Waals surface area contributed by atoms with Crippen molar-refractivity contribution in [2.75, 3.05) is 0 Å². The third-order valence-corrected chi connectivity index (χ3v) is 2.85. The topological polar surface area (TPSA) is 97.1 Å². The average molecular weight is 347 g/mol. The molecule has 0 unspecified atom stereocenters. The maximum absolute atomic E-state index is 8.59.